The van der Waals surface area contributed by atoms with E-state index in [-0.39, 0.29) is 17.3 Å². The number of phenolic OH excluding ortho intramolecular Hbond substituents is 1. The molecule has 0 atom stereocenters. The molecule has 0 unspecified atom stereocenters. The predicted octanol–water partition coefficient (Wildman–Crippen LogP) is 0.855. The highest BCUT2D eigenvalue weighted by atomic mass is 16.3. The number of carbonyl (C=O) groups is 2. The molecule has 0 aromatic heterocycles. The smallest absolute Gasteiger partial charge is 0.156 e. The van der Waals surface area contributed by atoms with E-state index in [9.17, 15) is 14.7 Å². The maximum atomic E-state index is 11.1. The number of aromatic hydroxyl groups is 1. The van der Waals surface area contributed by atoms with Gasteiger partial charge in [0.25, 0.3) is 0 Å². The van der Waals surface area contributed by atoms with Gasteiger partial charge in [0.1, 0.15) is 11.8 Å². The Morgan fingerprint density at radius 3 is 2.25 bits per heavy atom. The minimum Gasteiger partial charge on any atom is -0.506 e. The number of benzene rings is 1. The van der Waals surface area contributed by atoms with Crippen LogP contribution in [0.5, 0.6) is 5.75 Å². The number of hydrogen-bond acceptors (Lipinski definition) is 5. The lowest BCUT2D eigenvalue weighted by molar-refractivity contribution is -0.127. The number of Topliss-reactive ketones (excluding diaryl/α,β-unsaturated/α-hetero) is 2. The van der Waals surface area contributed by atoms with Gasteiger partial charge >= 0.3 is 0 Å². The molecular weight excluding hydrogens is 208 g/mol. The first-order valence-corrected chi connectivity index (χ1v) is 4.83. The van der Waals surface area contributed by atoms with Crippen LogP contribution >= 0.6 is 0 Å². The molecule has 5 heteroatoms. The van der Waals surface area contributed by atoms with E-state index in [4.69, 9.17) is 0 Å². The van der Waals surface area contributed by atoms with Crippen molar-refractivity contribution in [3.8, 4) is 5.75 Å². The van der Waals surface area contributed by atoms with Gasteiger partial charge in [-0.15, -0.1) is 0 Å². The van der Waals surface area contributed by atoms with Crippen LogP contribution in [0.4, 0.5) is 5.69 Å². The number of carbonyl (C=O) groups excluding carboxylic acids is 2. The Morgan fingerprint density at radius 2 is 1.75 bits per heavy atom. The van der Waals surface area contributed by atoms with E-state index in [1.165, 1.54) is 19.9 Å². The third-order valence-corrected chi connectivity index (χ3v) is 2.07. The molecule has 1 aromatic carbocycles. The van der Waals surface area contributed by atoms with Gasteiger partial charge in [0, 0.05) is 0 Å². The average molecular weight is 222 g/mol. The van der Waals surface area contributed by atoms with Crippen LogP contribution in [0.25, 0.3) is 0 Å². The van der Waals surface area contributed by atoms with Crippen molar-refractivity contribution in [3.63, 3.8) is 0 Å². The summed E-state index contributed by atoms with van der Waals surface area (Å²) in [6.07, 6.45) is 0. The second-order valence-corrected chi connectivity index (χ2v) is 3.44. The number of nitrogens with one attached hydrogen (secondary N) is 2. The number of phenols is 1. The van der Waals surface area contributed by atoms with Crippen molar-refractivity contribution in [3.05, 3.63) is 24.3 Å². The van der Waals surface area contributed by atoms with Gasteiger partial charge in [-0.3, -0.25) is 9.59 Å². The fourth-order valence-electron chi connectivity index (χ4n) is 1.22. The topological polar surface area (TPSA) is 78.4 Å². The van der Waals surface area contributed by atoms with Crippen LogP contribution in [0.2, 0.25) is 0 Å². The Balaban J connectivity index is 2.66. The first kappa shape index (κ1) is 12.2. The molecule has 16 heavy (non-hydrogen) atoms. The van der Waals surface area contributed by atoms with Gasteiger partial charge in [-0.1, -0.05) is 12.1 Å². The Labute approximate surface area is 93.4 Å². The zero-order valence-electron chi connectivity index (χ0n) is 9.15. The Bertz CT molecular complexity index is 390. The monoisotopic (exact) mass is 222 g/mol. The molecule has 0 spiro atoms. The minimum atomic E-state index is -0.903. The SMILES string of the molecule is CC(=O)C(NNc1ccccc1O)C(C)=O. The highest BCUT2D eigenvalue weighted by Gasteiger charge is 2.18. The number of ketones is 2. The van der Waals surface area contributed by atoms with Gasteiger partial charge < -0.3 is 10.5 Å². The number of rotatable bonds is 5. The van der Waals surface area contributed by atoms with E-state index in [0.29, 0.717) is 5.69 Å². The molecule has 0 aliphatic rings. The van der Waals surface area contributed by atoms with Crippen LogP contribution in [0, 0.1) is 0 Å². The lowest BCUT2D eigenvalue weighted by atomic mass is 10.1. The van der Waals surface area contributed by atoms with Crippen molar-refractivity contribution < 1.29 is 14.7 Å². The molecular formula is C11H14N2O3. The standard InChI is InChI=1S/C11H14N2O3/c1-7(14)11(8(2)15)13-12-9-5-3-4-6-10(9)16/h3-6,11-13,16H,1-2H3. The lowest BCUT2D eigenvalue weighted by Crippen LogP contribution is -2.44. The van der Waals surface area contributed by atoms with Crippen molar-refractivity contribution in [2.45, 2.75) is 19.9 Å². The van der Waals surface area contributed by atoms with Crippen LogP contribution in [-0.2, 0) is 9.59 Å². The number of anilines is 1. The lowest BCUT2D eigenvalue weighted by Gasteiger charge is -2.15. The highest BCUT2D eigenvalue weighted by Crippen LogP contribution is 2.20. The van der Waals surface area contributed by atoms with E-state index < -0.39 is 6.04 Å². The van der Waals surface area contributed by atoms with Gasteiger partial charge in [-0.05, 0) is 26.0 Å². The van der Waals surface area contributed by atoms with Crippen LogP contribution < -0.4 is 10.9 Å². The summed E-state index contributed by atoms with van der Waals surface area (Å²) < 4.78 is 0. The van der Waals surface area contributed by atoms with E-state index in [0.717, 1.165) is 0 Å². The van der Waals surface area contributed by atoms with Gasteiger partial charge in [0.05, 0.1) is 5.69 Å². The predicted molar refractivity (Wildman–Crippen MR) is 60.0 cm³/mol. The summed E-state index contributed by atoms with van der Waals surface area (Å²) in [5, 5.41) is 9.43. The molecule has 0 saturated carbocycles. The van der Waals surface area contributed by atoms with Gasteiger partial charge in [0.2, 0.25) is 0 Å². The normalized spacial score (nSPS) is 10.2. The molecule has 5 nitrogen and oxygen atoms in total. The van der Waals surface area contributed by atoms with E-state index in [2.05, 4.69) is 10.9 Å². The van der Waals surface area contributed by atoms with E-state index in [1.54, 1.807) is 18.2 Å². The molecule has 0 amide bonds. The van der Waals surface area contributed by atoms with Crippen molar-refractivity contribution in [1.82, 2.24) is 5.43 Å². The van der Waals surface area contributed by atoms with Crippen molar-refractivity contribution >= 4 is 17.3 Å². The van der Waals surface area contributed by atoms with E-state index >= 15 is 0 Å². The first-order valence-electron chi connectivity index (χ1n) is 4.83. The maximum Gasteiger partial charge on any atom is 0.156 e. The van der Waals surface area contributed by atoms with Gasteiger partial charge in [-0.2, -0.15) is 0 Å². The molecule has 0 heterocycles. The molecule has 1 aromatic rings. The van der Waals surface area contributed by atoms with Crippen molar-refractivity contribution in [1.29, 1.82) is 0 Å². The molecule has 0 fully saturated rings. The molecule has 0 aliphatic carbocycles. The molecule has 0 bridgehead atoms. The zero-order chi connectivity index (χ0) is 12.1. The summed E-state index contributed by atoms with van der Waals surface area (Å²) in [7, 11) is 0. The summed E-state index contributed by atoms with van der Waals surface area (Å²) in [6, 6.07) is 5.62. The fraction of sp³-hybridized carbons (Fsp3) is 0.273. The van der Waals surface area contributed by atoms with Gasteiger partial charge in [-0.25, -0.2) is 5.43 Å². The largest absolute Gasteiger partial charge is 0.506 e. The average Bonchev–Trinajstić information content (AvgIpc) is 2.20. The Morgan fingerprint density at radius 1 is 1.19 bits per heavy atom. The van der Waals surface area contributed by atoms with E-state index in [1.807, 2.05) is 0 Å². The number of hydrazine groups is 1. The summed E-state index contributed by atoms with van der Waals surface area (Å²) in [5.74, 6) is -0.522. The molecule has 0 saturated heterocycles. The third kappa shape index (κ3) is 3.06. The van der Waals surface area contributed by atoms with Crippen LogP contribution in [0.3, 0.4) is 0 Å². The Kier molecular flexibility index (Phi) is 4.02. The summed E-state index contributed by atoms with van der Waals surface area (Å²) in [5.41, 5.74) is 5.61. The second kappa shape index (κ2) is 5.27. The second-order valence-electron chi connectivity index (χ2n) is 3.44. The summed E-state index contributed by atoms with van der Waals surface area (Å²) in [4.78, 5) is 22.2. The number of hydrogen-bond donors (Lipinski definition) is 3. The zero-order valence-corrected chi connectivity index (χ0v) is 9.15. The Hall–Kier alpha value is -1.88. The summed E-state index contributed by atoms with van der Waals surface area (Å²) >= 11 is 0. The highest BCUT2D eigenvalue weighted by molar-refractivity contribution is 6.04. The number of para-hydroxylation sites is 2. The maximum absolute atomic E-state index is 11.1. The fourth-order valence-corrected chi connectivity index (χ4v) is 1.22. The molecule has 0 aliphatic heterocycles. The quantitative estimate of drug-likeness (QED) is 0.391. The summed E-state index contributed by atoms with van der Waals surface area (Å²) in [6.45, 7) is 2.65. The van der Waals surface area contributed by atoms with Crippen LogP contribution in [-0.4, -0.2) is 22.7 Å². The molecule has 3 N–H and O–H groups in total. The van der Waals surface area contributed by atoms with Gasteiger partial charge in [0.15, 0.2) is 11.6 Å². The third-order valence-electron chi connectivity index (χ3n) is 2.07. The molecule has 1 rings (SSSR count). The molecule has 86 valence electrons. The van der Waals surface area contributed by atoms with Crippen LogP contribution in [0.15, 0.2) is 24.3 Å². The first-order chi connectivity index (χ1) is 7.52. The van der Waals surface area contributed by atoms with Crippen LogP contribution in [0.1, 0.15) is 13.8 Å². The van der Waals surface area contributed by atoms with Crippen molar-refractivity contribution in [2.24, 2.45) is 0 Å². The molecule has 0 radical (unpaired) electrons. The minimum absolute atomic E-state index is 0.0425. The van der Waals surface area contributed by atoms with Crippen molar-refractivity contribution in [2.75, 3.05) is 5.43 Å².